The van der Waals surface area contributed by atoms with Gasteiger partial charge in [0.2, 0.25) is 0 Å². The average Bonchev–Trinajstić information content (AvgIpc) is 3.03. The smallest absolute Gasteiger partial charge is 0.143 e. The van der Waals surface area contributed by atoms with Crippen LogP contribution in [0.2, 0.25) is 0 Å². The lowest BCUT2D eigenvalue weighted by Crippen LogP contribution is -2.34. The lowest BCUT2D eigenvalue weighted by molar-refractivity contribution is 0.318. The fourth-order valence-corrected chi connectivity index (χ4v) is 3.38. The number of rotatable bonds is 3. The molecule has 0 bridgehead atoms. The second kappa shape index (κ2) is 5.10. The van der Waals surface area contributed by atoms with E-state index in [4.69, 9.17) is 4.74 Å². The number of nitriles is 1. The van der Waals surface area contributed by atoms with Crippen molar-refractivity contribution in [2.45, 2.75) is 31.3 Å². The Hall–Kier alpha value is -1.73. The zero-order valence-corrected chi connectivity index (χ0v) is 11.2. The number of para-hydroxylation sites is 1. The lowest BCUT2D eigenvalue weighted by atomic mass is 10.0. The van der Waals surface area contributed by atoms with Gasteiger partial charge in [0, 0.05) is 18.6 Å². The number of hydrogen-bond donors (Lipinski definition) is 1. The molecule has 1 aromatic rings. The molecular formula is C15H19N3O. The largest absolute Gasteiger partial charge is 0.495 e. The second-order valence-corrected chi connectivity index (χ2v) is 5.28. The van der Waals surface area contributed by atoms with E-state index in [0.29, 0.717) is 17.6 Å². The Balaban J connectivity index is 1.85. The molecule has 0 spiro atoms. The maximum atomic E-state index is 9.24. The van der Waals surface area contributed by atoms with Crippen molar-refractivity contribution in [3.05, 3.63) is 23.8 Å². The highest BCUT2D eigenvalue weighted by Gasteiger charge is 2.37. The van der Waals surface area contributed by atoms with Crippen LogP contribution in [0.5, 0.6) is 5.75 Å². The number of nitrogens with zero attached hydrogens (tertiary/aromatic N) is 2. The van der Waals surface area contributed by atoms with Crippen LogP contribution in [-0.2, 0) is 0 Å². The number of anilines is 1. The molecule has 1 aromatic carbocycles. The summed E-state index contributed by atoms with van der Waals surface area (Å²) in [5, 5.41) is 12.8. The topological polar surface area (TPSA) is 48.3 Å². The van der Waals surface area contributed by atoms with Gasteiger partial charge in [-0.3, -0.25) is 4.90 Å². The van der Waals surface area contributed by atoms with Crippen LogP contribution >= 0.6 is 0 Å². The first-order chi connectivity index (χ1) is 9.33. The van der Waals surface area contributed by atoms with E-state index in [-0.39, 0.29) is 0 Å². The molecule has 0 aromatic heterocycles. The summed E-state index contributed by atoms with van der Waals surface area (Å²) < 4.78 is 5.38. The van der Waals surface area contributed by atoms with Crippen LogP contribution in [0.1, 0.15) is 24.8 Å². The van der Waals surface area contributed by atoms with Crippen LogP contribution in [0, 0.1) is 11.3 Å². The normalized spacial score (nSPS) is 25.9. The Labute approximate surface area is 114 Å². The predicted molar refractivity (Wildman–Crippen MR) is 74.3 cm³/mol. The third-order valence-corrected chi connectivity index (χ3v) is 4.30. The zero-order valence-electron chi connectivity index (χ0n) is 11.2. The van der Waals surface area contributed by atoms with Gasteiger partial charge in [0.15, 0.2) is 0 Å². The van der Waals surface area contributed by atoms with E-state index in [2.05, 4.69) is 16.3 Å². The van der Waals surface area contributed by atoms with E-state index >= 15 is 0 Å². The second-order valence-electron chi connectivity index (χ2n) is 5.28. The van der Waals surface area contributed by atoms with E-state index in [1.165, 1.54) is 25.9 Å². The summed E-state index contributed by atoms with van der Waals surface area (Å²) in [5.74, 6) is 0.760. The van der Waals surface area contributed by atoms with Crippen LogP contribution in [-0.4, -0.2) is 37.2 Å². The molecule has 3 rings (SSSR count). The lowest BCUT2D eigenvalue weighted by Gasteiger charge is -2.23. The first kappa shape index (κ1) is 12.3. The van der Waals surface area contributed by atoms with Gasteiger partial charge >= 0.3 is 0 Å². The summed E-state index contributed by atoms with van der Waals surface area (Å²) in [6.45, 7) is 2.39. The van der Waals surface area contributed by atoms with Crippen molar-refractivity contribution < 1.29 is 4.74 Å². The third kappa shape index (κ3) is 2.15. The van der Waals surface area contributed by atoms with Crippen LogP contribution < -0.4 is 10.1 Å². The number of methoxy groups -OCH3 is 1. The van der Waals surface area contributed by atoms with Gasteiger partial charge in [0.25, 0.3) is 0 Å². The molecule has 2 aliphatic rings. The monoisotopic (exact) mass is 257 g/mol. The maximum Gasteiger partial charge on any atom is 0.143 e. The van der Waals surface area contributed by atoms with E-state index < -0.39 is 0 Å². The molecule has 2 heterocycles. The number of nitrogens with one attached hydrogen (secondary N) is 1. The van der Waals surface area contributed by atoms with Gasteiger partial charge in [-0.1, -0.05) is 6.07 Å². The summed E-state index contributed by atoms with van der Waals surface area (Å²) in [6.07, 6.45) is 3.70. The number of fused-ring (bicyclic) bond motifs is 1. The van der Waals surface area contributed by atoms with Crippen molar-refractivity contribution in [2.24, 2.45) is 0 Å². The standard InChI is InChI=1S/C15H19N3O/c1-19-14-6-2-4-11(10-16)15(14)17-12-7-9-18-8-3-5-13(12)18/h2,4,6,12-13,17H,3,5,7-9H2,1H3. The molecule has 2 unspecified atom stereocenters. The van der Waals surface area contributed by atoms with Gasteiger partial charge in [0.05, 0.1) is 18.4 Å². The number of ether oxygens (including phenoxy) is 1. The summed E-state index contributed by atoms with van der Waals surface area (Å²) in [7, 11) is 1.65. The summed E-state index contributed by atoms with van der Waals surface area (Å²) in [6, 6.07) is 8.91. The Kier molecular flexibility index (Phi) is 3.31. The first-order valence-corrected chi connectivity index (χ1v) is 6.91. The van der Waals surface area contributed by atoms with Crippen LogP contribution in [0.15, 0.2) is 18.2 Å². The molecule has 100 valence electrons. The van der Waals surface area contributed by atoms with Crippen molar-refractivity contribution in [1.29, 1.82) is 5.26 Å². The highest BCUT2D eigenvalue weighted by molar-refractivity contribution is 5.67. The molecular weight excluding hydrogens is 238 g/mol. The van der Waals surface area contributed by atoms with Crippen molar-refractivity contribution in [3.8, 4) is 11.8 Å². The van der Waals surface area contributed by atoms with E-state index in [1.807, 2.05) is 18.2 Å². The molecule has 0 saturated carbocycles. The van der Waals surface area contributed by atoms with E-state index in [1.54, 1.807) is 7.11 Å². The molecule has 0 aliphatic carbocycles. The molecule has 0 amide bonds. The van der Waals surface area contributed by atoms with Crippen LogP contribution in [0.25, 0.3) is 0 Å². The van der Waals surface area contributed by atoms with Crippen molar-refractivity contribution >= 4 is 5.69 Å². The summed E-state index contributed by atoms with van der Waals surface area (Å²) in [5.41, 5.74) is 1.52. The molecule has 19 heavy (non-hydrogen) atoms. The van der Waals surface area contributed by atoms with Gasteiger partial charge in [-0.25, -0.2) is 0 Å². The minimum Gasteiger partial charge on any atom is -0.495 e. The Morgan fingerprint density at radius 1 is 1.37 bits per heavy atom. The number of hydrogen-bond acceptors (Lipinski definition) is 4. The van der Waals surface area contributed by atoms with E-state index in [0.717, 1.165) is 17.9 Å². The molecule has 2 saturated heterocycles. The quantitative estimate of drug-likeness (QED) is 0.902. The molecule has 2 atom stereocenters. The Bertz CT molecular complexity index is 509. The Morgan fingerprint density at radius 3 is 3.05 bits per heavy atom. The third-order valence-electron chi connectivity index (χ3n) is 4.30. The van der Waals surface area contributed by atoms with Gasteiger partial charge in [0.1, 0.15) is 11.8 Å². The fraction of sp³-hybridized carbons (Fsp3) is 0.533. The predicted octanol–water partition coefficient (Wildman–Crippen LogP) is 2.22. The molecule has 4 heteroatoms. The molecule has 0 radical (unpaired) electrons. The van der Waals surface area contributed by atoms with Crippen molar-refractivity contribution in [2.75, 3.05) is 25.5 Å². The molecule has 1 N–H and O–H groups in total. The van der Waals surface area contributed by atoms with Gasteiger partial charge in [-0.2, -0.15) is 5.26 Å². The average molecular weight is 257 g/mol. The van der Waals surface area contributed by atoms with Crippen molar-refractivity contribution in [1.82, 2.24) is 4.90 Å². The Morgan fingerprint density at radius 2 is 2.26 bits per heavy atom. The van der Waals surface area contributed by atoms with Crippen LogP contribution in [0.4, 0.5) is 5.69 Å². The fourth-order valence-electron chi connectivity index (χ4n) is 3.38. The van der Waals surface area contributed by atoms with Gasteiger partial charge in [-0.05, 0) is 37.9 Å². The minimum absolute atomic E-state index is 0.436. The summed E-state index contributed by atoms with van der Waals surface area (Å²) in [4.78, 5) is 2.55. The maximum absolute atomic E-state index is 9.24. The van der Waals surface area contributed by atoms with E-state index in [9.17, 15) is 5.26 Å². The first-order valence-electron chi connectivity index (χ1n) is 6.91. The van der Waals surface area contributed by atoms with Crippen molar-refractivity contribution in [3.63, 3.8) is 0 Å². The number of benzene rings is 1. The minimum atomic E-state index is 0.436. The zero-order chi connectivity index (χ0) is 13.2. The highest BCUT2D eigenvalue weighted by Crippen LogP contribution is 2.34. The molecule has 2 fully saturated rings. The van der Waals surface area contributed by atoms with Gasteiger partial charge in [-0.15, -0.1) is 0 Å². The SMILES string of the molecule is COc1cccc(C#N)c1NC1CCN2CCCC12. The molecule has 4 nitrogen and oxygen atoms in total. The van der Waals surface area contributed by atoms with Gasteiger partial charge < -0.3 is 10.1 Å². The molecule has 2 aliphatic heterocycles. The highest BCUT2D eigenvalue weighted by atomic mass is 16.5. The van der Waals surface area contributed by atoms with Crippen LogP contribution in [0.3, 0.4) is 0 Å². The summed E-state index contributed by atoms with van der Waals surface area (Å²) >= 11 is 0.